The molecule has 9 nitrogen and oxygen atoms in total. The fourth-order valence-electron chi connectivity index (χ4n) is 3.24. The lowest BCUT2D eigenvalue weighted by Gasteiger charge is -2.12. The summed E-state index contributed by atoms with van der Waals surface area (Å²) in [6.45, 7) is -0.0458. The number of pyridine rings is 2. The number of nitrogens with two attached hydrogens (primary N) is 1. The van der Waals surface area contributed by atoms with Gasteiger partial charge in [-0.1, -0.05) is 23.2 Å². The molecule has 32 heavy (non-hydrogen) atoms. The standard InChI is InChI=1S/C21H18Cl2N6O3/c1-31-17-5-11(14(22)6-18(17)32-2)12-7-25-8-16-13(12)9-29(28-16)10-20(30)26-15-3-4-19(23)27-21(15)24/h3-9H,10H2,1-2H3,(H2,24,27)(H,26,30). The third-order valence-corrected chi connectivity index (χ3v) is 5.24. The van der Waals surface area contributed by atoms with E-state index in [1.165, 1.54) is 4.68 Å². The van der Waals surface area contributed by atoms with Crippen molar-refractivity contribution in [1.82, 2.24) is 19.7 Å². The molecule has 0 bridgehead atoms. The number of nitrogen functional groups attached to an aromatic ring is 1. The van der Waals surface area contributed by atoms with Crippen molar-refractivity contribution in [3.05, 3.63) is 53.0 Å². The Morgan fingerprint density at radius 2 is 1.88 bits per heavy atom. The molecule has 0 atom stereocenters. The third kappa shape index (κ3) is 4.25. The number of anilines is 2. The van der Waals surface area contributed by atoms with Crippen molar-refractivity contribution in [2.45, 2.75) is 6.54 Å². The van der Waals surface area contributed by atoms with E-state index in [2.05, 4.69) is 20.4 Å². The Kier molecular flexibility index (Phi) is 6.02. The van der Waals surface area contributed by atoms with Crippen LogP contribution in [-0.4, -0.2) is 39.9 Å². The van der Waals surface area contributed by atoms with E-state index in [4.69, 9.17) is 38.4 Å². The van der Waals surface area contributed by atoms with Gasteiger partial charge in [0.1, 0.15) is 23.0 Å². The van der Waals surface area contributed by atoms with Crippen LogP contribution in [0.4, 0.5) is 11.5 Å². The first-order valence-electron chi connectivity index (χ1n) is 9.34. The first-order valence-corrected chi connectivity index (χ1v) is 10.1. The number of carbonyl (C=O) groups is 1. The smallest absolute Gasteiger partial charge is 0.246 e. The zero-order chi connectivity index (χ0) is 22.8. The Hall–Kier alpha value is -3.56. The molecule has 0 saturated heterocycles. The SMILES string of the molecule is COc1cc(Cl)c(-c2cncc3nn(CC(=O)Nc4ccc(Cl)nc4N)cc23)cc1OC. The van der Waals surface area contributed by atoms with Crippen LogP contribution in [0.3, 0.4) is 0 Å². The van der Waals surface area contributed by atoms with Gasteiger partial charge >= 0.3 is 0 Å². The zero-order valence-electron chi connectivity index (χ0n) is 17.1. The van der Waals surface area contributed by atoms with Gasteiger partial charge in [0.2, 0.25) is 5.91 Å². The van der Waals surface area contributed by atoms with Gasteiger partial charge in [0.25, 0.3) is 0 Å². The minimum atomic E-state index is -0.327. The molecule has 0 radical (unpaired) electrons. The molecule has 11 heteroatoms. The highest BCUT2D eigenvalue weighted by Gasteiger charge is 2.16. The quantitative estimate of drug-likeness (QED) is 0.406. The van der Waals surface area contributed by atoms with Gasteiger partial charge in [-0.25, -0.2) is 4.98 Å². The maximum Gasteiger partial charge on any atom is 0.246 e. The highest BCUT2D eigenvalue weighted by Crippen LogP contribution is 2.40. The summed E-state index contributed by atoms with van der Waals surface area (Å²) >= 11 is 12.3. The number of nitrogens with zero attached hydrogens (tertiary/aromatic N) is 4. The summed E-state index contributed by atoms with van der Waals surface area (Å²) in [5.41, 5.74) is 8.21. The number of carbonyl (C=O) groups excluding carboxylic acids is 1. The fraction of sp³-hybridized carbons (Fsp3) is 0.143. The second-order valence-corrected chi connectivity index (χ2v) is 7.54. The molecule has 1 amide bonds. The summed E-state index contributed by atoms with van der Waals surface area (Å²) in [4.78, 5) is 20.7. The van der Waals surface area contributed by atoms with Crippen LogP contribution in [0.2, 0.25) is 10.2 Å². The van der Waals surface area contributed by atoms with Crippen LogP contribution < -0.4 is 20.5 Å². The van der Waals surface area contributed by atoms with Crippen LogP contribution in [-0.2, 0) is 11.3 Å². The number of methoxy groups -OCH3 is 2. The molecule has 164 valence electrons. The van der Waals surface area contributed by atoms with Gasteiger partial charge in [0, 0.05) is 35.0 Å². The normalized spacial score (nSPS) is 10.9. The Balaban J connectivity index is 1.65. The molecule has 3 N–H and O–H groups in total. The number of ether oxygens (including phenoxy) is 2. The predicted molar refractivity (Wildman–Crippen MR) is 123 cm³/mol. The van der Waals surface area contributed by atoms with Crippen LogP contribution in [0, 0.1) is 0 Å². The van der Waals surface area contributed by atoms with Gasteiger partial charge in [-0.05, 0) is 18.2 Å². The molecule has 0 aliphatic heterocycles. The minimum Gasteiger partial charge on any atom is -0.493 e. The van der Waals surface area contributed by atoms with Crippen LogP contribution in [0.5, 0.6) is 11.5 Å². The number of hydrogen-bond acceptors (Lipinski definition) is 7. The lowest BCUT2D eigenvalue weighted by Crippen LogP contribution is -2.20. The monoisotopic (exact) mass is 472 g/mol. The third-order valence-electron chi connectivity index (χ3n) is 4.71. The summed E-state index contributed by atoms with van der Waals surface area (Å²) in [6.07, 6.45) is 5.05. The van der Waals surface area contributed by atoms with E-state index in [-0.39, 0.29) is 23.4 Å². The van der Waals surface area contributed by atoms with Gasteiger partial charge in [0.05, 0.1) is 31.1 Å². The first-order chi connectivity index (χ1) is 15.4. The Morgan fingerprint density at radius 3 is 2.59 bits per heavy atom. The first kappa shape index (κ1) is 21.7. The molecule has 0 saturated carbocycles. The summed E-state index contributed by atoms with van der Waals surface area (Å²) in [5, 5.41) is 8.63. The highest BCUT2D eigenvalue weighted by molar-refractivity contribution is 6.34. The molecule has 0 unspecified atom stereocenters. The zero-order valence-corrected chi connectivity index (χ0v) is 18.6. The second kappa shape index (κ2) is 8.89. The van der Waals surface area contributed by atoms with Gasteiger partial charge < -0.3 is 20.5 Å². The molecule has 0 aliphatic carbocycles. The fourth-order valence-corrected chi connectivity index (χ4v) is 3.65. The molecule has 1 aromatic carbocycles. The molecule has 3 heterocycles. The van der Waals surface area contributed by atoms with E-state index in [0.29, 0.717) is 33.3 Å². The number of nitrogens with one attached hydrogen (secondary N) is 1. The molecule has 0 aliphatic rings. The Labute approximate surface area is 193 Å². The number of hydrogen-bond donors (Lipinski definition) is 2. The van der Waals surface area contributed by atoms with Crippen LogP contribution in [0.15, 0.2) is 42.9 Å². The summed E-state index contributed by atoms with van der Waals surface area (Å²) < 4.78 is 12.2. The van der Waals surface area contributed by atoms with Gasteiger partial charge in [-0.3, -0.25) is 14.5 Å². The molecular formula is C21H18Cl2N6O3. The van der Waals surface area contributed by atoms with Crippen molar-refractivity contribution >= 4 is 51.5 Å². The minimum absolute atomic E-state index is 0.0458. The molecule has 3 aromatic heterocycles. The second-order valence-electron chi connectivity index (χ2n) is 6.75. The van der Waals surface area contributed by atoms with E-state index in [0.717, 1.165) is 10.9 Å². The largest absolute Gasteiger partial charge is 0.493 e. The topological polar surface area (TPSA) is 117 Å². The van der Waals surface area contributed by atoms with E-state index in [9.17, 15) is 4.79 Å². The predicted octanol–water partition coefficient (Wildman–Crippen LogP) is 4.04. The van der Waals surface area contributed by atoms with Crippen molar-refractivity contribution in [2.24, 2.45) is 0 Å². The Bertz CT molecular complexity index is 1320. The average molecular weight is 473 g/mol. The van der Waals surface area contributed by atoms with Crippen molar-refractivity contribution in [2.75, 3.05) is 25.3 Å². The number of aromatic nitrogens is 4. The van der Waals surface area contributed by atoms with E-state index in [1.807, 2.05) is 0 Å². The highest BCUT2D eigenvalue weighted by atomic mass is 35.5. The summed E-state index contributed by atoms with van der Waals surface area (Å²) in [7, 11) is 3.09. The Morgan fingerprint density at radius 1 is 1.12 bits per heavy atom. The molecule has 4 aromatic rings. The van der Waals surface area contributed by atoms with Gasteiger partial charge in [-0.15, -0.1) is 0 Å². The summed E-state index contributed by atoms with van der Waals surface area (Å²) in [5.74, 6) is 0.855. The lowest BCUT2D eigenvalue weighted by atomic mass is 10.0. The summed E-state index contributed by atoms with van der Waals surface area (Å²) in [6, 6.07) is 6.58. The van der Waals surface area contributed by atoms with E-state index >= 15 is 0 Å². The number of amides is 1. The maximum absolute atomic E-state index is 12.5. The maximum atomic E-state index is 12.5. The average Bonchev–Trinajstić information content (AvgIpc) is 3.18. The number of benzene rings is 1. The van der Waals surface area contributed by atoms with Crippen molar-refractivity contribution in [3.8, 4) is 22.6 Å². The number of rotatable bonds is 6. The van der Waals surface area contributed by atoms with Crippen molar-refractivity contribution in [1.29, 1.82) is 0 Å². The van der Waals surface area contributed by atoms with Crippen LogP contribution in [0.25, 0.3) is 22.0 Å². The number of fused-ring (bicyclic) bond motifs is 1. The van der Waals surface area contributed by atoms with Crippen LogP contribution in [0.1, 0.15) is 0 Å². The number of halogens is 2. The van der Waals surface area contributed by atoms with Gasteiger partial charge in [0.15, 0.2) is 11.5 Å². The molecular weight excluding hydrogens is 455 g/mol. The van der Waals surface area contributed by atoms with Crippen molar-refractivity contribution in [3.63, 3.8) is 0 Å². The lowest BCUT2D eigenvalue weighted by molar-refractivity contribution is -0.116. The van der Waals surface area contributed by atoms with Crippen molar-refractivity contribution < 1.29 is 14.3 Å². The molecule has 0 spiro atoms. The molecule has 4 rings (SSSR count). The van der Waals surface area contributed by atoms with E-state index in [1.54, 1.807) is 57.1 Å². The van der Waals surface area contributed by atoms with E-state index < -0.39 is 0 Å². The molecule has 0 fully saturated rings. The van der Waals surface area contributed by atoms with Gasteiger partial charge in [-0.2, -0.15) is 5.10 Å². The van der Waals surface area contributed by atoms with Crippen LogP contribution >= 0.6 is 23.2 Å².